The van der Waals surface area contributed by atoms with Crippen LogP contribution in [0.15, 0.2) is 6.33 Å². The van der Waals surface area contributed by atoms with E-state index in [0.29, 0.717) is 0 Å². The third-order valence-electron chi connectivity index (χ3n) is 2.86. The number of nitrogens with zero attached hydrogens (tertiary/aromatic N) is 3. The summed E-state index contributed by atoms with van der Waals surface area (Å²) in [6.07, 6.45) is 1.32. The second-order valence-electron chi connectivity index (χ2n) is 3.95. The van der Waals surface area contributed by atoms with Crippen LogP contribution in [-0.2, 0) is 14.3 Å². The fourth-order valence-corrected chi connectivity index (χ4v) is 2.15. The highest BCUT2D eigenvalue weighted by atomic mass is 35.5. The van der Waals surface area contributed by atoms with Crippen LogP contribution in [0, 0.1) is 5.92 Å². The number of carbonyl (C=O) groups excluding carboxylic acids is 2. The van der Waals surface area contributed by atoms with Crippen LogP contribution >= 0.6 is 11.6 Å². The molecule has 1 unspecified atom stereocenters. The number of hydrogen-bond acceptors (Lipinski definition) is 6. The Labute approximate surface area is 114 Å². The summed E-state index contributed by atoms with van der Waals surface area (Å²) in [5.41, 5.74) is 0. The van der Waals surface area contributed by atoms with Crippen molar-refractivity contribution in [2.45, 2.75) is 6.42 Å². The van der Waals surface area contributed by atoms with E-state index in [4.69, 9.17) is 16.3 Å². The number of methoxy groups -OCH3 is 2. The van der Waals surface area contributed by atoms with Gasteiger partial charge in [-0.2, -0.15) is 0 Å². The average molecular weight is 286 g/mol. The van der Waals surface area contributed by atoms with Crippen molar-refractivity contribution in [3.8, 4) is 5.75 Å². The molecule has 1 aliphatic rings. The van der Waals surface area contributed by atoms with E-state index in [1.165, 1.54) is 25.4 Å². The van der Waals surface area contributed by atoms with Crippen molar-refractivity contribution in [1.29, 1.82) is 0 Å². The third-order valence-corrected chi connectivity index (χ3v) is 3.13. The molecule has 102 valence electrons. The molecule has 0 bridgehead atoms. The topological polar surface area (TPSA) is 81.6 Å². The van der Waals surface area contributed by atoms with Crippen LogP contribution in [0.2, 0.25) is 5.15 Å². The number of rotatable bonds is 3. The predicted molar refractivity (Wildman–Crippen MR) is 66.1 cm³/mol. The maximum Gasteiger partial charge on any atom is 0.311 e. The summed E-state index contributed by atoms with van der Waals surface area (Å²) < 4.78 is 9.73. The molecule has 0 aromatic carbocycles. The van der Waals surface area contributed by atoms with E-state index in [1.807, 2.05) is 0 Å². The average Bonchev–Trinajstić information content (AvgIpc) is 2.79. The van der Waals surface area contributed by atoms with Crippen LogP contribution in [0.3, 0.4) is 0 Å². The second kappa shape index (κ2) is 5.40. The van der Waals surface area contributed by atoms with E-state index in [0.717, 1.165) is 0 Å². The maximum atomic E-state index is 11.9. The number of aromatic nitrogens is 2. The largest absolute Gasteiger partial charge is 0.490 e. The van der Waals surface area contributed by atoms with Gasteiger partial charge < -0.3 is 9.47 Å². The first-order chi connectivity index (χ1) is 9.08. The van der Waals surface area contributed by atoms with Gasteiger partial charge in [-0.1, -0.05) is 11.6 Å². The van der Waals surface area contributed by atoms with E-state index >= 15 is 0 Å². The molecule has 1 aromatic rings. The maximum absolute atomic E-state index is 11.9. The number of hydrogen-bond donors (Lipinski definition) is 0. The van der Waals surface area contributed by atoms with Gasteiger partial charge in [-0.05, 0) is 0 Å². The molecular formula is C11H12ClN3O4. The molecule has 0 spiro atoms. The molecule has 1 fully saturated rings. The highest BCUT2D eigenvalue weighted by molar-refractivity contribution is 6.31. The van der Waals surface area contributed by atoms with Crippen molar-refractivity contribution in [1.82, 2.24) is 9.97 Å². The molecule has 7 nitrogen and oxygen atoms in total. The van der Waals surface area contributed by atoms with Crippen LogP contribution in [-0.4, -0.2) is 42.6 Å². The van der Waals surface area contributed by atoms with Gasteiger partial charge in [0, 0.05) is 13.0 Å². The Morgan fingerprint density at radius 2 is 2.21 bits per heavy atom. The van der Waals surface area contributed by atoms with Gasteiger partial charge >= 0.3 is 5.97 Å². The molecule has 0 saturated carbocycles. The molecule has 19 heavy (non-hydrogen) atoms. The Hall–Kier alpha value is -1.89. The summed E-state index contributed by atoms with van der Waals surface area (Å²) in [7, 11) is 2.70. The quantitative estimate of drug-likeness (QED) is 0.599. The van der Waals surface area contributed by atoms with Crippen molar-refractivity contribution >= 4 is 29.3 Å². The summed E-state index contributed by atoms with van der Waals surface area (Å²) >= 11 is 5.88. The number of amides is 1. The lowest BCUT2D eigenvalue weighted by atomic mass is 10.1. The van der Waals surface area contributed by atoms with Crippen LogP contribution in [0.1, 0.15) is 6.42 Å². The molecule has 1 aliphatic heterocycles. The van der Waals surface area contributed by atoms with E-state index in [9.17, 15) is 9.59 Å². The summed E-state index contributed by atoms with van der Waals surface area (Å²) in [5, 5.41) is 0.113. The first kappa shape index (κ1) is 13.5. The van der Waals surface area contributed by atoms with Crippen molar-refractivity contribution in [2.24, 2.45) is 5.92 Å². The standard InChI is InChI=1S/C11H12ClN3O4/c1-18-8-9(12)13-5-14-10(8)15-4-6(3-7(15)16)11(17)19-2/h5-6H,3-4H2,1-2H3. The first-order valence-electron chi connectivity index (χ1n) is 5.51. The van der Waals surface area contributed by atoms with Gasteiger partial charge in [-0.3, -0.25) is 14.5 Å². The van der Waals surface area contributed by atoms with Crippen molar-refractivity contribution in [3.05, 3.63) is 11.5 Å². The number of ether oxygens (including phenoxy) is 2. The van der Waals surface area contributed by atoms with Crippen molar-refractivity contribution in [3.63, 3.8) is 0 Å². The molecule has 1 atom stereocenters. The molecule has 8 heteroatoms. The fraction of sp³-hybridized carbons (Fsp3) is 0.455. The van der Waals surface area contributed by atoms with Gasteiger partial charge in [0.25, 0.3) is 0 Å². The van der Waals surface area contributed by atoms with Gasteiger partial charge in [0.15, 0.2) is 16.7 Å². The molecule has 2 rings (SSSR count). The lowest BCUT2D eigenvalue weighted by Crippen LogP contribution is -2.27. The van der Waals surface area contributed by atoms with Crippen LogP contribution < -0.4 is 9.64 Å². The molecule has 1 aromatic heterocycles. The number of carbonyl (C=O) groups is 2. The summed E-state index contributed by atoms with van der Waals surface area (Å²) in [4.78, 5) is 32.5. The minimum atomic E-state index is -0.504. The SMILES string of the molecule is COC(=O)C1CC(=O)N(c2ncnc(Cl)c2OC)C1. The minimum absolute atomic E-state index is 0.0808. The third kappa shape index (κ3) is 2.46. The number of esters is 1. The highest BCUT2D eigenvalue weighted by Crippen LogP contribution is 2.34. The molecule has 0 aliphatic carbocycles. The van der Waals surface area contributed by atoms with Gasteiger partial charge in [0.05, 0.1) is 20.1 Å². The summed E-state index contributed by atoms with van der Waals surface area (Å²) in [6.45, 7) is 0.190. The van der Waals surface area contributed by atoms with Crippen molar-refractivity contribution < 1.29 is 19.1 Å². The predicted octanol–water partition coefficient (Wildman–Crippen LogP) is 0.664. The van der Waals surface area contributed by atoms with Crippen LogP contribution in [0.5, 0.6) is 5.75 Å². The zero-order valence-electron chi connectivity index (χ0n) is 10.4. The Morgan fingerprint density at radius 1 is 1.47 bits per heavy atom. The molecule has 2 heterocycles. The van der Waals surface area contributed by atoms with Crippen LogP contribution in [0.4, 0.5) is 5.82 Å². The minimum Gasteiger partial charge on any atom is -0.490 e. The smallest absolute Gasteiger partial charge is 0.311 e. The van der Waals surface area contributed by atoms with Gasteiger partial charge in [0.1, 0.15) is 6.33 Å². The molecule has 1 amide bonds. The van der Waals surface area contributed by atoms with Gasteiger partial charge in [0.2, 0.25) is 5.91 Å². The monoisotopic (exact) mass is 285 g/mol. The number of halogens is 1. The number of anilines is 1. The van der Waals surface area contributed by atoms with E-state index in [1.54, 1.807) is 0 Å². The lowest BCUT2D eigenvalue weighted by Gasteiger charge is -2.17. The molecule has 0 radical (unpaired) electrons. The first-order valence-corrected chi connectivity index (χ1v) is 5.89. The van der Waals surface area contributed by atoms with Gasteiger partial charge in [-0.25, -0.2) is 9.97 Å². The van der Waals surface area contributed by atoms with Crippen LogP contribution in [0.25, 0.3) is 0 Å². The zero-order chi connectivity index (χ0) is 14.0. The van der Waals surface area contributed by atoms with Gasteiger partial charge in [-0.15, -0.1) is 0 Å². The van der Waals surface area contributed by atoms with Crippen molar-refractivity contribution in [2.75, 3.05) is 25.7 Å². The Bertz CT molecular complexity index is 523. The highest BCUT2D eigenvalue weighted by Gasteiger charge is 2.38. The Morgan fingerprint density at radius 3 is 2.84 bits per heavy atom. The van der Waals surface area contributed by atoms with E-state index < -0.39 is 11.9 Å². The fourth-order valence-electron chi connectivity index (χ4n) is 1.95. The molecular weight excluding hydrogens is 274 g/mol. The normalized spacial score (nSPS) is 18.6. The zero-order valence-corrected chi connectivity index (χ0v) is 11.2. The Kier molecular flexibility index (Phi) is 3.84. The van der Waals surface area contributed by atoms with E-state index in [2.05, 4.69) is 14.7 Å². The molecule has 1 saturated heterocycles. The summed E-state index contributed by atoms with van der Waals surface area (Å²) in [5.74, 6) is -0.684. The molecule has 0 N–H and O–H groups in total. The second-order valence-corrected chi connectivity index (χ2v) is 4.31. The summed E-state index contributed by atoms with van der Waals surface area (Å²) in [6, 6.07) is 0. The lowest BCUT2D eigenvalue weighted by molar-refractivity contribution is -0.145. The van der Waals surface area contributed by atoms with E-state index in [-0.39, 0.29) is 35.6 Å². The Balaban J connectivity index is 2.31.